The fourth-order valence-electron chi connectivity index (χ4n) is 2.25. The van der Waals surface area contributed by atoms with Gasteiger partial charge in [-0.3, -0.25) is 4.79 Å². The monoisotopic (exact) mass is 301 g/mol. The SMILES string of the molecule is CCC(CC)C(=O)NCCNc1cc(-n2cccc2)ncn1. The molecule has 2 aromatic heterocycles. The summed E-state index contributed by atoms with van der Waals surface area (Å²) in [6, 6.07) is 5.77. The average molecular weight is 301 g/mol. The van der Waals surface area contributed by atoms with E-state index in [0.29, 0.717) is 13.1 Å². The Hall–Kier alpha value is -2.37. The van der Waals surface area contributed by atoms with Crippen LogP contribution in [0.5, 0.6) is 0 Å². The summed E-state index contributed by atoms with van der Waals surface area (Å²) in [7, 11) is 0. The molecule has 0 aromatic carbocycles. The summed E-state index contributed by atoms with van der Waals surface area (Å²) >= 11 is 0. The first-order valence-corrected chi connectivity index (χ1v) is 7.71. The second-order valence-corrected chi connectivity index (χ2v) is 5.08. The minimum atomic E-state index is 0.111. The van der Waals surface area contributed by atoms with Crippen LogP contribution >= 0.6 is 0 Å². The van der Waals surface area contributed by atoms with Crippen molar-refractivity contribution in [1.82, 2.24) is 19.9 Å². The lowest BCUT2D eigenvalue weighted by atomic mass is 10.0. The highest BCUT2D eigenvalue weighted by molar-refractivity contribution is 5.78. The van der Waals surface area contributed by atoms with Crippen LogP contribution in [0, 0.1) is 5.92 Å². The van der Waals surface area contributed by atoms with Crippen LogP contribution in [0.2, 0.25) is 0 Å². The number of rotatable bonds is 8. The lowest BCUT2D eigenvalue weighted by molar-refractivity contribution is -0.125. The van der Waals surface area contributed by atoms with Crippen LogP contribution in [0.15, 0.2) is 36.9 Å². The quantitative estimate of drug-likeness (QED) is 0.733. The number of hydrogen-bond donors (Lipinski definition) is 2. The molecule has 2 aromatic rings. The van der Waals surface area contributed by atoms with E-state index >= 15 is 0 Å². The molecule has 0 saturated heterocycles. The molecule has 6 nitrogen and oxygen atoms in total. The number of carbonyl (C=O) groups excluding carboxylic acids is 1. The number of nitrogens with one attached hydrogen (secondary N) is 2. The van der Waals surface area contributed by atoms with Crippen molar-refractivity contribution in [3.05, 3.63) is 36.9 Å². The summed E-state index contributed by atoms with van der Waals surface area (Å²) in [5.74, 6) is 1.79. The minimum absolute atomic E-state index is 0.111. The molecule has 0 spiro atoms. The number of aromatic nitrogens is 3. The molecule has 0 fully saturated rings. The Kier molecular flexibility index (Phi) is 5.94. The van der Waals surface area contributed by atoms with E-state index in [-0.39, 0.29) is 11.8 Å². The van der Waals surface area contributed by atoms with Crippen molar-refractivity contribution in [2.45, 2.75) is 26.7 Å². The zero-order valence-electron chi connectivity index (χ0n) is 13.1. The standard InChI is InChI=1S/C16H23N5O/c1-3-13(4-2)16(22)18-8-7-17-14-11-15(20-12-19-14)21-9-5-6-10-21/h5-6,9-13H,3-4,7-8H2,1-2H3,(H,18,22)(H,17,19,20). The van der Waals surface area contributed by atoms with E-state index < -0.39 is 0 Å². The van der Waals surface area contributed by atoms with Gasteiger partial charge in [-0.1, -0.05) is 13.8 Å². The van der Waals surface area contributed by atoms with Gasteiger partial charge in [0.25, 0.3) is 0 Å². The second kappa shape index (κ2) is 8.17. The molecule has 2 rings (SSSR count). The molecule has 2 N–H and O–H groups in total. The van der Waals surface area contributed by atoms with Crippen molar-refractivity contribution < 1.29 is 4.79 Å². The number of carbonyl (C=O) groups is 1. The van der Waals surface area contributed by atoms with E-state index in [1.807, 2.05) is 49.0 Å². The van der Waals surface area contributed by atoms with E-state index in [2.05, 4.69) is 20.6 Å². The van der Waals surface area contributed by atoms with Gasteiger partial charge in [0.15, 0.2) is 0 Å². The van der Waals surface area contributed by atoms with Gasteiger partial charge in [-0.25, -0.2) is 9.97 Å². The maximum atomic E-state index is 11.9. The molecule has 22 heavy (non-hydrogen) atoms. The molecule has 0 aliphatic rings. The first-order chi connectivity index (χ1) is 10.7. The lowest BCUT2D eigenvalue weighted by Gasteiger charge is -2.13. The number of nitrogens with zero attached hydrogens (tertiary/aromatic N) is 3. The molecular weight excluding hydrogens is 278 g/mol. The van der Waals surface area contributed by atoms with Crippen molar-refractivity contribution in [3.8, 4) is 5.82 Å². The van der Waals surface area contributed by atoms with Crippen LogP contribution in [0.25, 0.3) is 5.82 Å². The van der Waals surface area contributed by atoms with Crippen molar-refractivity contribution in [2.24, 2.45) is 5.92 Å². The first kappa shape index (κ1) is 16.0. The molecule has 0 atom stereocenters. The summed E-state index contributed by atoms with van der Waals surface area (Å²) in [5, 5.41) is 6.15. The van der Waals surface area contributed by atoms with Crippen molar-refractivity contribution >= 4 is 11.7 Å². The molecule has 0 saturated carbocycles. The summed E-state index contributed by atoms with van der Waals surface area (Å²) < 4.78 is 1.92. The Balaban J connectivity index is 1.80. The maximum Gasteiger partial charge on any atom is 0.223 e. The van der Waals surface area contributed by atoms with E-state index in [1.54, 1.807) is 0 Å². The third kappa shape index (κ3) is 4.31. The molecule has 0 bridgehead atoms. The highest BCUT2D eigenvalue weighted by Crippen LogP contribution is 2.09. The molecule has 1 amide bonds. The van der Waals surface area contributed by atoms with Crippen LogP contribution < -0.4 is 10.6 Å². The normalized spacial score (nSPS) is 10.7. The van der Waals surface area contributed by atoms with Gasteiger partial charge in [-0.2, -0.15) is 0 Å². The van der Waals surface area contributed by atoms with E-state index in [0.717, 1.165) is 24.5 Å². The van der Waals surface area contributed by atoms with Gasteiger partial charge in [0.1, 0.15) is 18.0 Å². The fraction of sp³-hybridized carbons (Fsp3) is 0.438. The van der Waals surface area contributed by atoms with Gasteiger partial charge in [0, 0.05) is 37.5 Å². The van der Waals surface area contributed by atoms with Crippen LogP contribution in [-0.4, -0.2) is 33.5 Å². The highest BCUT2D eigenvalue weighted by atomic mass is 16.1. The van der Waals surface area contributed by atoms with Crippen LogP contribution in [-0.2, 0) is 4.79 Å². The van der Waals surface area contributed by atoms with Gasteiger partial charge in [0.2, 0.25) is 5.91 Å². The largest absolute Gasteiger partial charge is 0.368 e. The van der Waals surface area contributed by atoms with Gasteiger partial charge < -0.3 is 15.2 Å². The van der Waals surface area contributed by atoms with E-state index in [4.69, 9.17) is 0 Å². The molecule has 0 radical (unpaired) electrons. The first-order valence-electron chi connectivity index (χ1n) is 7.71. The van der Waals surface area contributed by atoms with Gasteiger partial charge in [-0.15, -0.1) is 0 Å². The zero-order chi connectivity index (χ0) is 15.8. The van der Waals surface area contributed by atoms with Crippen LogP contribution in [0.1, 0.15) is 26.7 Å². The molecule has 0 aliphatic heterocycles. The van der Waals surface area contributed by atoms with Crippen LogP contribution in [0.3, 0.4) is 0 Å². The predicted octanol–water partition coefficient (Wildman–Crippen LogP) is 2.23. The molecule has 118 valence electrons. The minimum Gasteiger partial charge on any atom is -0.368 e. The summed E-state index contributed by atoms with van der Waals surface area (Å²) in [6.07, 6.45) is 7.15. The Bertz CT molecular complexity index is 578. The third-order valence-electron chi connectivity index (χ3n) is 3.61. The summed E-state index contributed by atoms with van der Waals surface area (Å²) in [4.78, 5) is 20.3. The number of hydrogen-bond acceptors (Lipinski definition) is 4. The van der Waals surface area contributed by atoms with Gasteiger partial charge in [0.05, 0.1) is 0 Å². The Morgan fingerprint density at radius 2 is 1.91 bits per heavy atom. The molecule has 6 heteroatoms. The topological polar surface area (TPSA) is 71.8 Å². The van der Waals surface area contributed by atoms with Crippen LogP contribution in [0.4, 0.5) is 5.82 Å². The van der Waals surface area contributed by atoms with Gasteiger partial charge >= 0.3 is 0 Å². The Morgan fingerprint density at radius 3 is 2.59 bits per heavy atom. The molecular formula is C16H23N5O. The Labute approximate surface area is 131 Å². The zero-order valence-corrected chi connectivity index (χ0v) is 13.1. The fourth-order valence-corrected chi connectivity index (χ4v) is 2.25. The average Bonchev–Trinajstić information content (AvgIpc) is 3.07. The van der Waals surface area contributed by atoms with Crippen molar-refractivity contribution in [2.75, 3.05) is 18.4 Å². The maximum absolute atomic E-state index is 11.9. The van der Waals surface area contributed by atoms with E-state index in [9.17, 15) is 4.79 Å². The van der Waals surface area contributed by atoms with Gasteiger partial charge in [-0.05, 0) is 25.0 Å². The molecule has 2 heterocycles. The van der Waals surface area contributed by atoms with Crippen molar-refractivity contribution in [1.29, 1.82) is 0 Å². The lowest BCUT2D eigenvalue weighted by Crippen LogP contribution is -2.33. The summed E-state index contributed by atoms with van der Waals surface area (Å²) in [5.41, 5.74) is 0. The Morgan fingerprint density at radius 1 is 1.18 bits per heavy atom. The number of amides is 1. The van der Waals surface area contributed by atoms with E-state index in [1.165, 1.54) is 6.33 Å². The molecule has 0 unspecified atom stereocenters. The third-order valence-corrected chi connectivity index (χ3v) is 3.61. The summed E-state index contributed by atoms with van der Waals surface area (Å²) in [6.45, 7) is 5.29. The predicted molar refractivity (Wildman–Crippen MR) is 86.9 cm³/mol. The smallest absolute Gasteiger partial charge is 0.223 e. The highest BCUT2D eigenvalue weighted by Gasteiger charge is 2.12. The number of anilines is 1. The second-order valence-electron chi connectivity index (χ2n) is 5.08. The van der Waals surface area contributed by atoms with Crippen molar-refractivity contribution in [3.63, 3.8) is 0 Å². The molecule has 0 aliphatic carbocycles.